The summed E-state index contributed by atoms with van der Waals surface area (Å²) in [4.78, 5) is 4.55. The Balaban J connectivity index is 2.90. The molecule has 0 radical (unpaired) electrons. The van der Waals surface area contributed by atoms with Gasteiger partial charge in [0, 0.05) is 14.7 Å². The lowest BCUT2D eigenvalue weighted by Crippen LogP contribution is -1.69. The number of thiophene rings is 1. The number of nitriles is 1. The minimum absolute atomic E-state index is 0.337. The third-order valence-corrected chi connectivity index (χ3v) is 2.41. The standard InChI is InChI=1S/C7H6N4S/c1-5-6(3-8)2-7(12-5)4-10-11-9/h2H,4H2,1H3. The number of hydrogen-bond acceptors (Lipinski definition) is 3. The van der Waals surface area contributed by atoms with Crippen molar-refractivity contribution in [2.45, 2.75) is 13.5 Å². The molecule has 0 unspecified atom stereocenters. The predicted octanol–water partition coefficient (Wildman–Crippen LogP) is 2.74. The van der Waals surface area contributed by atoms with Crippen LogP contribution in [0.15, 0.2) is 11.2 Å². The van der Waals surface area contributed by atoms with Gasteiger partial charge in [0.25, 0.3) is 0 Å². The first-order chi connectivity index (χ1) is 5.77. The second-order valence-corrected chi connectivity index (χ2v) is 3.52. The molecule has 0 aliphatic heterocycles. The van der Waals surface area contributed by atoms with E-state index in [4.69, 9.17) is 10.8 Å². The van der Waals surface area contributed by atoms with Crippen molar-refractivity contribution in [1.29, 1.82) is 5.26 Å². The van der Waals surface area contributed by atoms with Crippen molar-refractivity contribution in [2.75, 3.05) is 0 Å². The summed E-state index contributed by atoms with van der Waals surface area (Å²) in [6, 6.07) is 3.83. The number of rotatable bonds is 2. The van der Waals surface area contributed by atoms with E-state index in [2.05, 4.69) is 16.1 Å². The SMILES string of the molecule is Cc1sc(CN=[N+]=[N-])cc1C#N. The van der Waals surface area contributed by atoms with Gasteiger partial charge in [0.2, 0.25) is 0 Å². The number of hydrogen-bond donors (Lipinski definition) is 0. The maximum absolute atomic E-state index is 8.61. The van der Waals surface area contributed by atoms with Crippen molar-refractivity contribution in [3.05, 3.63) is 31.8 Å². The lowest BCUT2D eigenvalue weighted by molar-refractivity contribution is 1.08. The van der Waals surface area contributed by atoms with Gasteiger partial charge in [-0.25, -0.2) is 0 Å². The van der Waals surface area contributed by atoms with E-state index in [1.807, 2.05) is 6.92 Å². The molecule has 60 valence electrons. The first-order valence-electron chi connectivity index (χ1n) is 3.28. The van der Waals surface area contributed by atoms with E-state index in [1.165, 1.54) is 11.3 Å². The average molecular weight is 178 g/mol. The molecule has 0 bridgehead atoms. The number of nitrogens with zero attached hydrogens (tertiary/aromatic N) is 4. The van der Waals surface area contributed by atoms with E-state index < -0.39 is 0 Å². The highest BCUT2D eigenvalue weighted by Gasteiger charge is 2.02. The van der Waals surface area contributed by atoms with Crippen LogP contribution in [0, 0.1) is 18.3 Å². The molecular weight excluding hydrogens is 172 g/mol. The fourth-order valence-electron chi connectivity index (χ4n) is 0.834. The summed E-state index contributed by atoms with van der Waals surface area (Å²) in [6.45, 7) is 2.21. The molecule has 0 spiro atoms. The Hall–Kier alpha value is -1.50. The van der Waals surface area contributed by atoms with Gasteiger partial charge in [-0.1, -0.05) is 5.11 Å². The molecule has 1 aromatic heterocycles. The molecule has 12 heavy (non-hydrogen) atoms. The Morgan fingerprint density at radius 3 is 3.08 bits per heavy atom. The van der Waals surface area contributed by atoms with Crippen LogP contribution >= 0.6 is 11.3 Å². The summed E-state index contributed by atoms with van der Waals surface area (Å²) < 4.78 is 0. The molecule has 0 amide bonds. The van der Waals surface area contributed by atoms with Crippen LogP contribution in [0.2, 0.25) is 0 Å². The smallest absolute Gasteiger partial charge is 0.100 e. The highest BCUT2D eigenvalue weighted by molar-refractivity contribution is 7.12. The summed E-state index contributed by atoms with van der Waals surface area (Å²) >= 11 is 1.49. The van der Waals surface area contributed by atoms with E-state index in [1.54, 1.807) is 6.07 Å². The quantitative estimate of drug-likeness (QED) is 0.390. The molecular formula is C7H6N4S. The van der Waals surface area contributed by atoms with Gasteiger partial charge in [-0.3, -0.25) is 0 Å². The zero-order valence-electron chi connectivity index (χ0n) is 6.48. The van der Waals surface area contributed by atoms with Crippen molar-refractivity contribution in [1.82, 2.24) is 0 Å². The molecule has 1 rings (SSSR count). The molecule has 0 aliphatic carbocycles. The van der Waals surface area contributed by atoms with Crippen LogP contribution in [0.1, 0.15) is 15.3 Å². The van der Waals surface area contributed by atoms with Crippen LogP contribution in [0.3, 0.4) is 0 Å². The van der Waals surface area contributed by atoms with Crippen molar-refractivity contribution in [3.8, 4) is 6.07 Å². The van der Waals surface area contributed by atoms with Gasteiger partial charge >= 0.3 is 0 Å². The summed E-state index contributed by atoms with van der Waals surface area (Å²) in [5, 5.41) is 12.0. The Morgan fingerprint density at radius 1 is 1.83 bits per heavy atom. The molecule has 0 saturated heterocycles. The van der Waals surface area contributed by atoms with Crippen LogP contribution in [-0.4, -0.2) is 0 Å². The summed E-state index contributed by atoms with van der Waals surface area (Å²) in [6.07, 6.45) is 0. The van der Waals surface area contributed by atoms with Gasteiger partial charge in [-0.15, -0.1) is 11.3 Å². The van der Waals surface area contributed by atoms with E-state index in [-0.39, 0.29) is 0 Å². The predicted molar refractivity (Wildman–Crippen MR) is 46.6 cm³/mol. The Bertz CT molecular complexity index is 367. The van der Waals surface area contributed by atoms with Crippen molar-refractivity contribution >= 4 is 11.3 Å². The van der Waals surface area contributed by atoms with Crippen LogP contribution in [0.5, 0.6) is 0 Å². The monoisotopic (exact) mass is 178 g/mol. The van der Waals surface area contributed by atoms with E-state index in [0.717, 1.165) is 9.75 Å². The normalized spacial score (nSPS) is 8.67. The van der Waals surface area contributed by atoms with Crippen molar-refractivity contribution < 1.29 is 0 Å². The van der Waals surface area contributed by atoms with Gasteiger partial charge in [0.15, 0.2) is 0 Å². The lowest BCUT2D eigenvalue weighted by Gasteiger charge is -1.81. The molecule has 1 aromatic rings. The molecule has 0 saturated carbocycles. The van der Waals surface area contributed by atoms with Crippen LogP contribution < -0.4 is 0 Å². The van der Waals surface area contributed by atoms with Crippen LogP contribution in [0.4, 0.5) is 0 Å². The van der Waals surface area contributed by atoms with Crippen molar-refractivity contribution in [3.63, 3.8) is 0 Å². The van der Waals surface area contributed by atoms with Gasteiger partial charge in [-0.05, 0) is 18.5 Å². The van der Waals surface area contributed by atoms with E-state index >= 15 is 0 Å². The Kier molecular flexibility index (Phi) is 2.70. The van der Waals surface area contributed by atoms with Crippen LogP contribution in [0.25, 0.3) is 10.4 Å². The zero-order valence-corrected chi connectivity index (χ0v) is 7.30. The number of aryl methyl sites for hydroxylation is 1. The van der Waals surface area contributed by atoms with Gasteiger partial charge in [-0.2, -0.15) is 5.26 Å². The molecule has 4 nitrogen and oxygen atoms in total. The third-order valence-electron chi connectivity index (χ3n) is 1.38. The molecule has 0 aliphatic rings. The Labute approximate surface area is 73.7 Å². The molecule has 0 fully saturated rings. The highest BCUT2D eigenvalue weighted by Crippen LogP contribution is 2.21. The second-order valence-electron chi connectivity index (χ2n) is 2.18. The highest BCUT2D eigenvalue weighted by atomic mass is 32.1. The first kappa shape index (κ1) is 8.60. The zero-order chi connectivity index (χ0) is 8.97. The van der Waals surface area contributed by atoms with E-state index in [9.17, 15) is 0 Å². The fraction of sp³-hybridized carbons (Fsp3) is 0.286. The van der Waals surface area contributed by atoms with Gasteiger partial charge < -0.3 is 0 Å². The Morgan fingerprint density at radius 2 is 2.58 bits per heavy atom. The third kappa shape index (κ3) is 1.76. The topological polar surface area (TPSA) is 72.6 Å². The summed E-state index contributed by atoms with van der Waals surface area (Å²) in [5.41, 5.74) is 8.73. The molecule has 0 N–H and O–H groups in total. The van der Waals surface area contributed by atoms with Gasteiger partial charge in [0.05, 0.1) is 12.1 Å². The molecule has 0 atom stereocenters. The summed E-state index contributed by atoms with van der Waals surface area (Å²) in [7, 11) is 0. The lowest BCUT2D eigenvalue weighted by atomic mass is 10.3. The van der Waals surface area contributed by atoms with E-state index in [0.29, 0.717) is 12.1 Å². The fourth-order valence-corrected chi connectivity index (χ4v) is 1.74. The molecule has 1 heterocycles. The number of azide groups is 1. The summed E-state index contributed by atoms with van der Waals surface area (Å²) in [5.74, 6) is 0. The average Bonchev–Trinajstić information content (AvgIpc) is 2.43. The van der Waals surface area contributed by atoms with Crippen LogP contribution in [-0.2, 0) is 6.54 Å². The first-order valence-corrected chi connectivity index (χ1v) is 4.10. The molecule has 5 heteroatoms. The minimum Gasteiger partial charge on any atom is -0.192 e. The maximum Gasteiger partial charge on any atom is 0.100 e. The molecule has 0 aromatic carbocycles. The minimum atomic E-state index is 0.337. The second kappa shape index (κ2) is 3.77. The maximum atomic E-state index is 8.61. The van der Waals surface area contributed by atoms with Gasteiger partial charge in [0.1, 0.15) is 6.07 Å². The van der Waals surface area contributed by atoms with Crippen molar-refractivity contribution in [2.24, 2.45) is 5.11 Å². The largest absolute Gasteiger partial charge is 0.192 e.